The van der Waals surface area contributed by atoms with E-state index in [1.165, 1.54) is 0 Å². The minimum absolute atomic E-state index is 0.00234. The summed E-state index contributed by atoms with van der Waals surface area (Å²) in [5, 5.41) is 21.5. The third kappa shape index (κ3) is 4.78. The summed E-state index contributed by atoms with van der Waals surface area (Å²) in [6.07, 6.45) is 1.66. The van der Waals surface area contributed by atoms with Crippen LogP contribution in [0.15, 0.2) is 70.1 Å². The number of hydrogen-bond donors (Lipinski definition) is 3. The maximum atomic E-state index is 12.9. The van der Waals surface area contributed by atoms with Crippen molar-refractivity contribution >= 4 is 28.1 Å². The molecule has 0 aliphatic carbocycles. The van der Waals surface area contributed by atoms with Crippen molar-refractivity contribution in [1.82, 2.24) is 24.5 Å². The molecule has 0 fully saturated rings. The lowest BCUT2D eigenvalue weighted by Gasteiger charge is -2.20. The lowest BCUT2D eigenvalue weighted by atomic mass is 10.1. The zero-order valence-corrected chi connectivity index (χ0v) is 21.8. The number of aromatic nitrogens is 5. The molecule has 0 bridgehead atoms. The highest BCUT2D eigenvalue weighted by Crippen LogP contribution is 2.32. The molecule has 2 aromatic carbocycles. The molecule has 0 unspecified atom stereocenters. The van der Waals surface area contributed by atoms with E-state index in [2.05, 4.69) is 39.6 Å². The van der Waals surface area contributed by atoms with E-state index >= 15 is 0 Å². The predicted molar refractivity (Wildman–Crippen MR) is 148 cm³/mol. The van der Waals surface area contributed by atoms with Gasteiger partial charge in [-0.05, 0) is 51.5 Å². The first-order chi connectivity index (χ1) is 18.4. The second-order valence-corrected chi connectivity index (χ2v) is 9.37. The Morgan fingerprint density at radius 2 is 1.89 bits per heavy atom. The van der Waals surface area contributed by atoms with Crippen LogP contribution in [-0.2, 0) is 6.54 Å². The number of aliphatic hydroxyl groups excluding tert-OH is 1. The lowest BCUT2D eigenvalue weighted by molar-refractivity contribution is 0.276. The van der Waals surface area contributed by atoms with Gasteiger partial charge >= 0.3 is 0 Å². The average molecular weight is 514 g/mol. The van der Waals surface area contributed by atoms with Crippen molar-refractivity contribution in [3.8, 4) is 11.5 Å². The molecule has 5 rings (SSSR count). The van der Waals surface area contributed by atoms with Gasteiger partial charge in [0.1, 0.15) is 5.82 Å². The fourth-order valence-corrected chi connectivity index (χ4v) is 4.68. The van der Waals surface area contributed by atoms with Crippen LogP contribution in [0.1, 0.15) is 44.2 Å². The van der Waals surface area contributed by atoms with Gasteiger partial charge in [0.25, 0.3) is 11.4 Å². The van der Waals surface area contributed by atoms with E-state index in [0.717, 1.165) is 16.8 Å². The number of anilines is 3. The van der Waals surface area contributed by atoms with Crippen LogP contribution in [0, 0.1) is 6.92 Å². The van der Waals surface area contributed by atoms with Crippen LogP contribution in [0.25, 0.3) is 22.4 Å². The largest absolute Gasteiger partial charge is 0.394 e. The van der Waals surface area contributed by atoms with Crippen LogP contribution in [-0.4, -0.2) is 36.2 Å². The Morgan fingerprint density at radius 1 is 1.11 bits per heavy atom. The molecule has 1 atom stereocenters. The summed E-state index contributed by atoms with van der Waals surface area (Å²) < 4.78 is 9.21. The molecule has 0 spiro atoms. The Hall–Kier alpha value is -4.44. The number of nitrogens with one attached hydrogen (secondary N) is 2. The van der Waals surface area contributed by atoms with Gasteiger partial charge in [0.05, 0.1) is 34.8 Å². The molecule has 38 heavy (non-hydrogen) atoms. The molecule has 0 aliphatic rings. The molecule has 0 saturated carbocycles. The fourth-order valence-electron chi connectivity index (χ4n) is 4.68. The van der Waals surface area contributed by atoms with Crippen molar-refractivity contribution in [3.63, 3.8) is 0 Å². The first kappa shape index (κ1) is 25.2. The second kappa shape index (κ2) is 10.5. The van der Waals surface area contributed by atoms with E-state index in [4.69, 9.17) is 4.52 Å². The molecule has 0 saturated heterocycles. The third-order valence-corrected chi connectivity index (χ3v) is 6.41. The van der Waals surface area contributed by atoms with Crippen LogP contribution in [0.4, 0.5) is 17.2 Å². The number of benzene rings is 2. The van der Waals surface area contributed by atoms with E-state index in [9.17, 15) is 9.90 Å². The molecule has 3 N–H and O–H groups in total. The number of aliphatic hydroxyl groups is 1. The van der Waals surface area contributed by atoms with Crippen molar-refractivity contribution in [2.75, 3.05) is 17.2 Å². The number of aryl methyl sites for hydroxylation is 1. The fraction of sp³-hybridized carbons (Fsp3) is 0.286. The standard InChI is InChI=1S/C28H31N7O3/c1-5-34-28(37)21-12-11-20(13-25(21)35(34)17(2)3)31-26-14-23(22(15-29-26)27-30-18(4)33-38-27)32-24(16-36)19-9-7-6-8-10-19/h6-15,17,24,36H,5,16H2,1-4H3,(H2,29,31,32)/t24-/m1/s1. The quantitative estimate of drug-likeness (QED) is 0.250. The Labute approximate surface area is 219 Å². The average Bonchev–Trinajstić information content (AvgIpc) is 3.48. The van der Waals surface area contributed by atoms with E-state index < -0.39 is 0 Å². The third-order valence-electron chi connectivity index (χ3n) is 6.41. The van der Waals surface area contributed by atoms with Gasteiger partial charge in [-0.25, -0.2) is 9.67 Å². The first-order valence-electron chi connectivity index (χ1n) is 12.6. The minimum atomic E-state index is -0.361. The Morgan fingerprint density at radius 3 is 2.55 bits per heavy atom. The van der Waals surface area contributed by atoms with Crippen molar-refractivity contribution in [2.24, 2.45) is 0 Å². The summed E-state index contributed by atoms with van der Waals surface area (Å²) in [6.45, 7) is 8.32. The number of hydrogen-bond acceptors (Lipinski definition) is 8. The monoisotopic (exact) mass is 513 g/mol. The summed E-state index contributed by atoms with van der Waals surface area (Å²) >= 11 is 0. The summed E-state index contributed by atoms with van der Waals surface area (Å²) in [5.41, 5.74) is 3.88. The summed E-state index contributed by atoms with van der Waals surface area (Å²) in [6, 6.07) is 17.0. The Kier molecular flexibility index (Phi) is 6.97. The molecule has 0 radical (unpaired) electrons. The maximum absolute atomic E-state index is 12.9. The lowest BCUT2D eigenvalue weighted by Crippen LogP contribution is -2.23. The zero-order chi connectivity index (χ0) is 26.8. The van der Waals surface area contributed by atoms with Gasteiger partial charge in [-0.15, -0.1) is 0 Å². The second-order valence-electron chi connectivity index (χ2n) is 9.37. The van der Waals surface area contributed by atoms with Gasteiger partial charge in [0.2, 0.25) is 0 Å². The van der Waals surface area contributed by atoms with Crippen LogP contribution < -0.4 is 16.2 Å². The first-order valence-corrected chi connectivity index (χ1v) is 12.6. The van der Waals surface area contributed by atoms with Gasteiger partial charge < -0.3 is 20.3 Å². The predicted octanol–water partition coefficient (Wildman–Crippen LogP) is 5.05. The van der Waals surface area contributed by atoms with E-state index in [-0.39, 0.29) is 24.2 Å². The number of nitrogens with zero attached hydrogens (tertiary/aromatic N) is 5. The molecular weight excluding hydrogens is 482 g/mol. The van der Waals surface area contributed by atoms with Crippen LogP contribution in [0.2, 0.25) is 0 Å². The van der Waals surface area contributed by atoms with Gasteiger partial charge in [0, 0.05) is 30.5 Å². The van der Waals surface area contributed by atoms with Crippen molar-refractivity contribution in [1.29, 1.82) is 0 Å². The van der Waals surface area contributed by atoms with Gasteiger partial charge in [0.15, 0.2) is 5.82 Å². The summed E-state index contributed by atoms with van der Waals surface area (Å²) in [4.78, 5) is 21.8. The smallest absolute Gasteiger partial charge is 0.274 e. The highest BCUT2D eigenvalue weighted by atomic mass is 16.5. The SMILES string of the molecule is CCn1c(=O)c2ccc(Nc3cc(N[C@H](CO)c4ccccc4)c(-c4nc(C)no4)cn3)cc2n1C(C)C. The number of fused-ring (bicyclic) bond motifs is 1. The molecule has 196 valence electrons. The highest BCUT2D eigenvalue weighted by Gasteiger charge is 2.19. The summed E-state index contributed by atoms with van der Waals surface area (Å²) in [7, 11) is 0. The van der Waals surface area contributed by atoms with Crippen LogP contribution in [0.3, 0.4) is 0 Å². The van der Waals surface area contributed by atoms with Gasteiger partial charge in [-0.3, -0.25) is 9.48 Å². The van der Waals surface area contributed by atoms with E-state index in [1.54, 1.807) is 17.8 Å². The molecule has 0 amide bonds. The molecule has 0 aliphatic heterocycles. The van der Waals surface area contributed by atoms with Crippen molar-refractivity contribution in [2.45, 2.75) is 46.3 Å². The minimum Gasteiger partial charge on any atom is -0.394 e. The van der Waals surface area contributed by atoms with E-state index in [0.29, 0.717) is 40.7 Å². The molecule has 10 nitrogen and oxygen atoms in total. The normalized spacial score (nSPS) is 12.3. The van der Waals surface area contributed by atoms with Crippen molar-refractivity contribution in [3.05, 3.63) is 82.5 Å². The van der Waals surface area contributed by atoms with Crippen LogP contribution >= 0.6 is 0 Å². The van der Waals surface area contributed by atoms with E-state index in [1.807, 2.05) is 66.2 Å². The van der Waals surface area contributed by atoms with Crippen molar-refractivity contribution < 1.29 is 9.63 Å². The topological polar surface area (TPSA) is 123 Å². The Bertz CT molecular complexity index is 1620. The van der Waals surface area contributed by atoms with Gasteiger partial charge in [-0.2, -0.15) is 4.98 Å². The molecule has 10 heteroatoms. The molecule has 3 aromatic heterocycles. The van der Waals surface area contributed by atoms with Crippen LogP contribution in [0.5, 0.6) is 0 Å². The molecule has 5 aromatic rings. The maximum Gasteiger partial charge on any atom is 0.274 e. The number of rotatable bonds is 9. The van der Waals surface area contributed by atoms with Gasteiger partial charge in [-0.1, -0.05) is 35.5 Å². The molecular formula is C28H31N7O3. The molecule has 3 heterocycles. The summed E-state index contributed by atoms with van der Waals surface area (Å²) in [5.74, 6) is 1.42. The zero-order valence-electron chi connectivity index (χ0n) is 21.8. The number of pyridine rings is 1. The Balaban J connectivity index is 1.53. The highest BCUT2D eigenvalue weighted by molar-refractivity contribution is 5.84.